The van der Waals surface area contributed by atoms with Gasteiger partial charge in [0.1, 0.15) is 19.3 Å². The molecule has 1 aliphatic rings. The van der Waals surface area contributed by atoms with Gasteiger partial charge in [-0.1, -0.05) is 0 Å². The predicted molar refractivity (Wildman–Crippen MR) is 60.2 cm³/mol. The fraction of sp³-hybridized carbons (Fsp3) is 0.500. The van der Waals surface area contributed by atoms with Crippen LogP contribution in [-0.2, 0) is 9.47 Å². The van der Waals surface area contributed by atoms with E-state index in [1.165, 1.54) is 24.5 Å². The van der Waals surface area contributed by atoms with Crippen molar-refractivity contribution in [2.45, 2.75) is 12.6 Å². The van der Waals surface area contributed by atoms with Crippen LogP contribution in [0.2, 0.25) is 0 Å². The average molecular weight is 268 g/mol. The summed E-state index contributed by atoms with van der Waals surface area (Å²) in [6, 6.07) is 0. The van der Waals surface area contributed by atoms with Crippen LogP contribution in [0.4, 0.5) is 0 Å². The molecule has 1 N–H and O–H groups in total. The van der Waals surface area contributed by atoms with E-state index in [0.29, 0.717) is 17.0 Å². The summed E-state index contributed by atoms with van der Waals surface area (Å²) in [6.45, 7) is -0.00630. The predicted octanol–water partition coefficient (Wildman–Crippen LogP) is -1.05. The Morgan fingerprint density at radius 3 is 3.11 bits per heavy atom. The van der Waals surface area contributed by atoms with Crippen molar-refractivity contribution in [1.82, 2.24) is 19.7 Å². The van der Waals surface area contributed by atoms with Gasteiger partial charge in [0.2, 0.25) is 11.5 Å². The first kappa shape index (κ1) is 12.1. The minimum absolute atomic E-state index is 0.215. The van der Waals surface area contributed by atoms with E-state index in [-0.39, 0.29) is 13.2 Å². The average Bonchev–Trinajstić information content (AvgIpc) is 3.06. The zero-order valence-electron chi connectivity index (χ0n) is 10.1. The number of nitrogens with zero attached hydrogens (tertiary/aromatic N) is 4. The summed E-state index contributed by atoms with van der Waals surface area (Å²) in [4.78, 5) is 17.6. The molecular formula is C10H12N4O5. The summed E-state index contributed by atoms with van der Waals surface area (Å²) in [5.74, 6) is 0.365. The van der Waals surface area contributed by atoms with Crippen LogP contribution in [0.1, 0.15) is 0 Å². The molecule has 0 saturated carbocycles. The van der Waals surface area contributed by atoms with Gasteiger partial charge in [0.25, 0.3) is 6.29 Å². The van der Waals surface area contributed by atoms with E-state index in [2.05, 4.69) is 15.0 Å². The monoisotopic (exact) mass is 268 g/mol. The number of aliphatic hydroxyl groups excluding tert-OH is 1. The molecule has 0 spiro atoms. The van der Waals surface area contributed by atoms with Crippen LogP contribution >= 0.6 is 0 Å². The number of aliphatic hydroxyl groups is 1. The molecule has 1 fully saturated rings. The quantitative estimate of drug-likeness (QED) is 0.750. The molecule has 1 saturated heterocycles. The van der Waals surface area contributed by atoms with Crippen molar-refractivity contribution in [2.24, 2.45) is 0 Å². The zero-order chi connectivity index (χ0) is 13.2. The SMILES string of the molecule is COc1ncnc2c1ncn2O[C@H]1COC(CO)O1. The van der Waals surface area contributed by atoms with Crippen LogP contribution < -0.4 is 9.57 Å². The zero-order valence-corrected chi connectivity index (χ0v) is 10.1. The van der Waals surface area contributed by atoms with E-state index in [9.17, 15) is 0 Å². The normalized spacial score (nSPS) is 22.8. The van der Waals surface area contributed by atoms with Crippen molar-refractivity contribution in [1.29, 1.82) is 0 Å². The van der Waals surface area contributed by atoms with E-state index in [1.807, 2.05) is 0 Å². The first-order valence-electron chi connectivity index (χ1n) is 5.59. The Labute approximate surface area is 107 Å². The molecule has 9 heteroatoms. The molecule has 0 radical (unpaired) electrons. The number of hydrogen-bond acceptors (Lipinski definition) is 8. The van der Waals surface area contributed by atoms with Crippen LogP contribution in [0.3, 0.4) is 0 Å². The van der Waals surface area contributed by atoms with Crippen LogP contribution in [0.15, 0.2) is 12.7 Å². The Kier molecular flexibility index (Phi) is 3.15. The number of methoxy groups -OCH3 is 1. The Bertz CT molecular complexity index is 574. The van der Waals surface area contributed by atoms with Gasteiger partial charge in [0, 0.05) is 0 Å². The minimum atomic E-state index is -0.663. The molecule has 2 aromatic heterocycles. The first-order chi connectivity index (χ1) is 9.31. The number of aromatic nitrogens is 4. The van der Waals surface area contributed by atoms with Gasteiger partial charge in [-0.05, 0) is 0 Å². The second-order valence-electron chi connectivity index (χ2n) is 3.74. The van der Waals surface area contributed by atoms with Gasteiger partial charge in [-0.15, -0.1) is 4.73 Å². The van der Waals surface area contributed by atoms with Crippen molar-refractivity contribution >= 4 is 11.2 Å². The maximum atomic E-state index is 8.89. The fourth-order valence-corrected chi connectivity index (χ4v) is 1.73. The summed E-state index contributed by atoms with van der Waals surface area (Å²) in [5.41, 5.74) is 0.950. The maximum Gasteiger partial charge on any atom is 0.250 e. The van der Waals surface area contributed by atoms with Crippen molar-refractivity contribution in [2.75, 3.05) is 20.3 Å². The Morgan fingerprint density at radius 1 is 1.47 bits per heavy atom. The summed E-state index contributed by atoms with van der Waals surface area (Å²) >= 11 is 0. The molecular weight excluding hydrogens is 256 g/mol. The van der Waals surface area contributed by atoms with Gasteiger partial charge < -0.3 is 24.2 Å². The van der Waals surface area contributed by atoms with E-state index in [1.54, 1.807) is 0 Å². The Morgan fingerprint density at radius 2 is 2.37 bits per heavy atom. The van der Waals surface area contributed by atoms with E-state index >= 15 is 0 Å². The molecule has 19 heavy (non-hydrogen) atoms. The molecule has 0 aromatic carbocycles. The highest BCUT2D eigenvalue weighted by Gasteiger charge is 2.28. The molecule has 2 atom stereocenters. The highest BCUT2D eigenvalue weighted by Crippen LogP contribution is 2.19. The lowest BCUT2D eigenvalue weighted by molar-refractivity contribution is -0.155. The van der Waals surface area contributed by atoms with Gasteiger partial charge in [0.05, 0.1) is 13.7 Å². The van der Waals surface area contributed by atoms with Gasteiger partial charge in [-0.3, -0.25) is 0 Å². The van der Waals surface area contributed by atoms with Crippen LogP contribution in [0.5, 0.6) is 5.88 Å². The maximum absolute atomic E-state index is 8.89. The van der Waals surface area contributed by atoms with Gasteiger partial charge in [-0.25, -0.2) is 9.97 Å². The fourth-order valence-electron chi connectivity index (χ4n) is 1.73. The third-order valence-corrected chi connectivity index (χ3v) is 2.57. The van der Waals surface area contributed by atoms with Crippen LogP contribution in [0.25, 0.3) is 11.2 Å². The van der Waals surface area contributed by atoms with Crippen LogP contribution in [0, 0.1) is 0 Å². The van der Waals surface area contributed by atoms with Crippen molar-refractivity contribution in [3.05, 3.63) is 12.7 Å². The summed E-state index contributed by atoms with van der Waals surface area (Å²) < 4.78 is 16.8. The molecule has 3 rings (SSSR count). The molecule has 102 valence electrons. The highest BCUT2D eigenvalue weighted by molar-refractivity contribution is 5.75. The number of ether oxygens (including phenoxy) is 3. The van der Waals surface area contributed by atoms with E-state index in [0.717, 1.165) is 0 Å². The van der Waals surface area contributed by atoms with Crippen molar-refractivity contribution in [3.63, 3.8) is 0 Å². The molecule has 0 bridgehead atoms. The second kappa shape index (κ2) is 4.96. The first-order valence-corrected chi connectivity index (χ1v) is 5.59. The van der Waals surface area contributed by atoms with Crippen LogP contribution in [-0.4, -0.2) is 57.7 Å². The molecule has 9 nitrogen and oxygen atoms in total. The lowest BCUT2D eigenvalue weighted by atomic mass is 10.5. The molecule has 1 aliphatic heterocycles. The Hall–Kier alpha value is -1.97. The molecule has 0 aliphatic carbocycles. The van der Waals surface area contributed by atoms with E-state index < -0.39 is 12.6 Å². The standard InChI is InChI=1S/C10H12N4O5/c1-16-10-8-9(11-4-12-10)14(5-13-8)19-7-3-17-6(2-15)18-7/h4-7,15H,2-3H2,1H3/t6?,7-/m0/s1. The second-order valence-corrected chi connectivity index (χ2v) is 3.74. The minimum Gasteiger partial charge on any atom is -0.479 e. The third kappa shape index (κ3) is 2.18. The van der Waals surface area contributed by atoms with Gasteiger partial charge in [-0.2, -0.15) is 4.98 Å². The smallest absolute Gasteiger partial charge is 0.250 e. The topological polar surface area (TPSA) is 101 Å². The number of hydrogen-bond donors (Lipinski definition) is 1. The highest BCUT2D eigenvalue weighted by atomic mass is 16.9. The number of imidazole rings is 1. The van der Waals surface area contributed by atoms with E-state index in [4.69, 9.17) is 24.2 Å². The lowest BCUT2D eigenvalue weighted by Gasteiger charge is -2.12. The van der Waals surface area contributed by atoms with Crippen molar-refractivity contribution in [3.8, 4) is 5.88 Å². The van der Waals surface area contributed by atoms with Gasteiger partial charge >= 0.3 is 0 Å². The molecule has 3 heterocycles. The Balaban J connectivity index is 1.82. The number of rotatable bonds is 4. The summed E-state index contributed by atoms with van der Waals surface area (Å²) in [6.07, 6.45) is 1.50. The van der Waals surface area contributed by atoms with Gasteiger partial charge in [0.15, 0.2) is 11.8 Å². The largest absolute Gasteiger partial charge is 0.479 e. The summed E-state index contributed by atoms with van der Waals surface area (Å²) in [7, 11) is 1.50. The molecule has 2 aromatic rings. The lowest BCUT2D eigenvalue weighted by Crippen LogP contribution is -2.27. The third-order valence-electron chi connectivity index (χ3n) is 2.57. The molecule has 1 unspecified atom stereocenters. The van der Waals surface area contributed by atoms with Crippen molar-refractivity contribution < 1.29 is 24.2 Å². The molecule has 0 amide bonds. The number of fused-ring (bicyclic) bond motifs is 1. The summed E-state index contributed by atoms with van der Waals surface area (Å²) in [5, 5.41) is 8.89.